The Morgan fingerprint density at radius 1 is 1.07 bits per heavy atom. The van der Waals surface area contributed by atoms with Gasteiger partial charge >= 0.3 is 6.18 Å². The van der Waals surface area contributed by atoms with Crippen LogP contribution in [-0.4, -0.2) is 29.1 Å². The van der Waals surface area contributed by atoms with Crippen LogP contribution in [0.15, 0.2) is 48.5 Å². The van der Waals surface area contributed by atoms with E-state index >= 15 is 0 Å². The zero-order valence-corrected chi connectivity index (χ0v) is 16.2. The van der Waals surface area contributed by atoms with Gasteiger partial charge in [-0.05, 0) is 67.0 Å². The molecule has 2 aromatic carbocycles. The zero-order valence-electron chi connectivity index (χ0n) is 15.4. The van der Waals surface area contributed by atoms with E-state index in [-0.39, 0.29) is 6.04 Å². The molecule has 2 nitrogen and oxygen atoms in total. The first kappa shape index (κ1) is 19.7. The number of halogens is 4. The van der Waals surface area contributed by atoms with Gasteiger partial charge in [0.1, 0.15) is 0 Å². The van der Waals surface area contributed by atoms with Crippen LogP contribution in [0.25, 0.3) is 0 Å². The number of benzene rings is 2. The third-order valence-electron chi connectivity index (χ3n) is 6.27. The van der Waals surface area contributed by atoms with Gasteiger partial charge in [-0.25, -0.2) is 0 Å². The minimum Gasteiger partial charge on any atom is -0.385 e. The van der Waals surface area contributed by atoms with Gasteiger partial charge in [0.05, 0.1) is 11.2 Å². The highest BCUT2D eigenvalue weighted by Crippen LogP contribution is 2.43. The van der Waals surface area contributed by atoms with Crippen molar-refractivity contribution in [1.82, 2.24) is 4.90 Å². The van der Waals surface area contributed by atoms with Crippen molar-refractivity contribution in [2.24, 2.45) is 0 Å². The number of alkyl halides is 3. The topological polar surface area (TPSA) is 23.5 Å². The Morgan fingerprint density at radius 2 is 1.82 bits per heavy atom. The van der Waals surface area contributed by atoms with Crippen molar-refractivity contribution in [1.29, 1.82) is 0 Å². The Kier molecular flexibility index (Phi) is 5.19. The average Bonchev–Trinajstić information content (AvgIpc) is 2.68. The van der Waals surface area contributed by atoms with Gasteiger partial charge in [-0.2, -0.15) is 13.2 Å². The van der Waals surface area contributed by atoms with E-state index < -0.39 is 17.3 Å². The minimum absolute atomic E-state index is 0.192. The monoisotopic (exact) mass is 409 g/mol. The maximum Gasteiger partial charge on any atom is 0.416 e. The van der Waals surface area contributed by atoms with Crippen molar-refractivity contribution >= 4 is 11.6 Å². The second-order valence-corrected chi connectivity index (χ2v) is 8.48. The summed E-state index contributed by atoms with van der Waals surface area (Å²) in [6.45, 7) is 1.59. The highest BCUT2D eigenvalue weighted by Gasteiger charge is 2.43. The first-order valence-electron chi connectivity index (χ1n) is 9.64. The summed E-state index contributed by atoms with van der Waals surface area (Å²) in [5.74, 6) is 0.424. The Balaban J connectivity index is 1.48. The van der Waals surface area contributed by atoms with Crippen LogP contribution in [0.2, 0.25) is 5.02 Å². The minimum atomic E-state index is -4.40. The lowest BCUT2D eigenvalue weighted by Crippen LogP contribution is -2.52. The number of aliphatic hydroxyl groups is 1. The van der Waals surface area contributed by atoms with Gasteiger partial charge in [0, 0.05) is 24.2 Å². The smallest absolute Gasteiger partial charge is 0.385 e. The van der Waals surface area contributed by atoms with Crippen LogP contribution in [0, 0.1) is 0 Å². The van der Waals surface area contributed by atoms with Crippen LogP contribution >= 0.6 is 11.6 Å². The third kappa shape index (κ3) is 3.93. The van der Waals surface area contributed by atoms with E-state index in [2.05, 4.69) is 17.0 Å². The van der Waals surface area contributed by atoms with E-state index in [1.54, 1.807) is 6.07 Å². The van der Waals surface area contributed by atoms with Crippen LogP contribution in [0.1, 0.15) is 48.3 Å². The van der Waals surface area contributed by atoms with E-state index in [1.807, 2.05) is 12.1 Å². The van der Waals surface area contributed by atoms with Gasteiger partial charge < -0.3 is 5.11 Å². The molecular formula is C22H23ClF3NO. The average molecular weight is 410 g/mol. The fraction of sp³-hybridized carbons (Fsp3) is 0.455. The summed E-state index contributed by atoms with van der Waals surface area (Å²) in [4.78, 5) is 2.38. The number of rotatable bonds is 2. The molecule has 4 rings (SSSR count). The molecule has 2 fully saturated rings. The van der Waals surface area contributed by atoms with Gasteiger partial charge in [-0.3, -0.25) is 4.90 Å². The molecule has 2 aliphatic heterocycles. The lowest BCUT2D eigenvalue weighted by atomic mass is 9.75. The molecule has 3 atom stereocenters. The van der Waals surface area contributed by atoms with Crippen molar-refractivity contribution in [2.75, 3.05) is 13.1 Å². The second-order valence-electron chi connectivity index (χ2n) is 8.04. The molecule has 0 aliphatic carbocycles. The van der Waals surface area contributed by atoms with Crippen LogP contribution in [0.5, 0.6) is 0 Å². The lowest BCUT2D eigenvalue weighted by molar-refractivity contribution is -0.137. The maximum atomic E-state index is 13.1. The molecule has 0 radical (unpaired) electrons. The number of hydrogen-bond donors (Lipinski definition) is 1. The SMILES string of the molecule is O[C@]1(c2cccc(C(F)(F)F)c2)CCN2C[C@@H](c3ccc(Cl)cc3)CC[C@@H]2C1. The third-order valence-corrected chi connectivity index (χ3v) is 6.53. The molecule has 2 saturated heterocycles. The van der Waals surface area contributed by atoms with Gasteiger partial charge in [0.2, 0.25) is 0 Å². The molecular weight excluding hydrogens is 387 g/mol. The Hall–Kier alpha value is -1.56. The predicted molar refractivity (Wildman–Crippen MR) is 103 cm³/mol. The molecule has 6 heteroatoms. The summed E-state index contributed by atoms with van der Waals surface area (Å²) < 4.78 is 39.2. The summed E-state index contributed by atoms with van der Waals surface area (Å²) in [6, 6.07) is 13.3. The Bertz CT molecular complexity index is 838. The molecule has 0 spiro atoms. The maximum absolute atomic E-state index is 13.1. The standard InChI is InChI=1S/C22H23ClF3NO/c23-19-7-4-15(5-8-19)16-6-9-20-13-21(28,10-11-27(20)14-16)17-2-1-3-18(12-17)22(24,25)26/h1-5,7-8,12,16,20,28H,6,9-11,13-14H2/t16-,20+,21+/m0/s1. The van der Waals surface area contributed by atoms with Crippen molar-refractivity contribution in [3.8, 4) is 0 Å². The van der Waals surface area contributed by atoms with Crippen molar-refractivity contribution in [3.63, 3.8) is 0 Å². The molecule has 1 N–H and O–H groups in total. The fourth-order valence-electron chi connectivity index (χ4n) is 4.68. The number of fused-ring (bicyclic) bond motifs is 1. The summed E-state index contributed by atoms with van der Waals surface area (Å²) in [6.07, 6.45) is -1.56. The largest absolute Gasteiger partial charge is 0.416 e. The first-order valence-corrected chi connectivity index (χ1v) is 10.0. The summed E-state index contributed by atoms with van der Waals surface area (Å²) in [5.41, 5.74) is -0.258. The summed E-state index contributed by atoms with van der Waals surface area (Å²) in [5, 5.41) is 11.9. The fourth-order valence-corrected chi connectivity index (χ4v) is 4.81. The Labute approximate surface area is 167 Å². The number of nitrogens with zero attached hydrogens (tertiary/aromatic N) is 1. The summed E-state index contributed by atoms with van der Waals surface area (Å²) in [7, 11) is 0. The van der Waals surface area contributed by atoms with Gasteiger partial charge in [0.15, 0.2) is 0 Å². The molecule has 28 heavy (non-hydrogen) atoms. The molecule has 2 aromatic rings. The predicted octanol–water partition coefficient (Wildman–Crippen LogP) is 5.59. The first-order chi connectivity index (χ1) is 13.2. The second kappa shape index (κ2) is 7.36. The van der Waals surface area contributed by atoms with Crippen LogP contribution in [-0.2, 0) is 11.8 Å². The zero-order chi connectivity index (χ0) is 19.9. The van der Waals surface area contributed by atoms with Crippen molar-refractivity contribution < 1.29 is 18.3 Å². The molecule has 2 heterocycles. The summed E-state index contributed by atoms with van der Waals surface area (Å²) >= 11 is 5.98. The van der Waals surface area contributed by atoms with E-state index in [4.69, 9.17) is 11.6 Å². The highest BCUT2D eigenvalue weighted by atomic mass is 35.5. The molecule has 0 amide bonds. The quantitative estimate of drug-likeness (QED) is 0.699. The van der Waals surface area contributed by atoms with E-state index in [0.29, 0.717) is 30.9 Å². The van der Waals surface area contributed by atoms with Crippen molar-refractivity contribution in [3.05, 3.63) is 70.2 Å². The van der Waals surface area contributed by atoms with Gasteiger partial charge in [0.25, 0.3) is 0 Å². The normalized spacial score (nSPS) is 28.8. The molecule has 150 valence electrons. The van der Waals surface area contributed by atoms with E-state index in [1.165, 1.54) is 11.6 Å². The van der Waals surface area contributed by atoms with Crippen LogP contribution < -0.4 is 0 Å². The molecule has 0 aromatic heterocycles. The van der Waals surface area contributed by atoms with Crippen LogP contribution in [0.3, 0.4) is 0 Å². The number of hydrogen-bond acceptors (Lipinski definition) is 2. The highest BCUT2D eigenvalue weighted by molar-refractivity contribution is 6.30. The van der Waals surface area contributed by atoms with E-state index in [9.17, 15) is 18.3 Å². The molecule has 0 saturated carbocycles. The van der Waals surface area contributed by atoms with Crippen LogP contribution in [0.4, 0.5) is 13.2 Å². The molecule has 2 aliphatic rings. The van der Waals surface area contributed by atoms with E-state index in [0.717, 1.165) is 36.5 Å². The van der Waals surface area contributed by atoms with Crippen molar-refractivity contribution in [2.45, 2.75) is 49.4 Å². The molecule has 0 bridgehead atoms. The van der Waals surface area contributed by atoms with Gasteiger partial charge in [-0.15, -0.1) is 0 Å². The van der Waals surface area contributed by atoms with Gasteiger partial charge in [-0.1, -0.05) is 35.9 Å². The lowest BCUT2D eigenvalue weighted by Gasteiger charge is -2.48. The Morgan fingerprint density at radius 3 is 2.54 bits per heavy atom. The molecule has 0 unspecified atom stereocenters. The number of piperidine rings is 2.